The van der Waals surface area contributed by atoms with E-state index in [1.807, 2.05) is 30.3 Å². The van der Waals surface area contributed by atoms with Crippen LogP contribution in [0.15, 0.2) is 30.3 Å². The van der Waals surface area contributed by atoms with Gasteiger partial charge in [-0.1, -0.05) is 42.1 Å². The van der Waals surface area contributed by atoms with Crippen molar-refractivity contribution in [2.75, 3.05) is 6.26 Å². The molecule has 0 aromatic heterocycles. The van der Waals surface area contributed by atoms with Crippen LogP contribution in [0, 0.1) is 5.41 Å². The quantitative estimate of drug-likeness (QED) is 0.573. The summed E-state index contributed by atoms with van der Waals surface area (Å²) in [6.45, 7) is 0. The molecule has 1 aromatic rings. The summed E-state index contributed by atoms with van der Waals surface area (Å²) in [6.07, 6.45) is 2.08. The highest BCUT2D eigenvalue weighted by molar-refractivity contribution is 8.13. The zero-order chi connectivity index (χ0) is 10.4. The summed E-state index contributed by atoms with van der Waals surface area (Å²) >= 11 is 1.22. The number of nitrogens with one attached hydrogen (secondary N) is 2. The SMILES string of the molecule is CSC(=N)NC(=O)Cc1ccccc1. The third-order valence-electron chi connectivity index (χ3n) is 1.66. The average Bonchev–Trinajstić information content (AvgIpc) is 2.19. The molecule has 1 rings (SSSR count). The van der Waals surface area contributed by atoms with Gasteiger partial charge in [-0.25, -0.2) is 0 Å². The fourth-order valence-electron chi connectivity index (χ4n) is 1.00. The lowest BCUT2D eigenvalue weighted by atomic mass is 10.1. The molecule has 0 atom stereocenters. The summed E-state index contributed by atoms with van der Waals surface area (Å²) in [5.41, 5.74) is 0.957. The van der Waals surface area contributed by atoms with Crippen LogP contribution in [0.4, 0.5) is 0 Å². The molecule has 0 aliphatic carbocycles. The first-order valence-electron chi connectivity index (χ1n) is 4.18. The van der Waals surface area contributed by atoms with Gasteiger partial charge in [-0.15, -0.1) is 0 Å². The van der Waals surface area contributed by atoms with Gasteiger partial charge in [0.25, 0.3) is 0 Å². The molecule has 0 aliphatic rings. The molecule has 14 heavy (non-hydrogen) atoms. The van der Waals surface area contributed by atoms with Crippen LogP contribution in [0.1, 0.15) is 5.56 Å². The summed E-state index contributed by atoms with van der Waals surface area (Å²) in [5.74, 6) is -0.143. The summed E-state index contributed by atoms with van der Waals surface area (Å²) in [7, 11) is 0. The number of amidine groups is 1. The fourth-order valence-corrected chi connectivity index (χ4v) is 1.22. The fraction of sp³-hybridized carbons (Fsp3) is 0.200. The van der Waals surface area contributed by atoms with Crippen LogP contribution < -0.4 is 5.32 Å². The molecule has 0 fully saturated rings. The van der Waals surface area contributed by atoms with E-state index in [0.29, 0.717) is 6.42 Å². The highest BCUT2D eigenvalue weighted by atomic mass is 32.2. The second kappa shape index (κ2) is 5.44. The third kappa shape index (κ3) is 3.62. The minimum atomic E-state index is -0.143. The molecule has 74 valence electrons. The number of hydrogen-bond donors (Lipinski definition) is 2. The third-order valence-corrected chi connectivity index (χ3v) is 2.17. The maximum Gasteiger partial charge on any atom is 0.230 e. The predicted molar refractivity (Wildman–Crippen MR) is 59.5 cm³/mol. The van der Waals surface area contributed by atoms with Crippen molar-refractivity contribution in [2.24, 2.45) is 0 Å². The van der Waals surface area contributed by atoms with Gasteiger partial charge in [0.15, 0.2) is 5.17 Å². The molecule has 0 aliphatic heterocycles. The molecule has 0 heterocycles. The average molecular weight is 208 g/mol. The molecular weight excluding hydrogens is 196 g/mol. The lowest BCUT2D eigenvalue weighted by Gasteiger charge is -2.03. The minimum absolute atomic E-state index is 0.143. The second-order valence-electron chi connectivity index (χ2n) is 2.74. The highest BCUT2D eigenvalue weighted by Crippen LogP contribution is 2.00. The Hall–Kier alpha value is -1.29. The summed E-state index contributed by atoms with van der Waals surface area (Å²) < 4.78 is 0. The van der Waals surface area contributed by atoms with Gasteiger partial charge in [-0.3, -0.25) is 10.2 Å². The topological polar surface area (TPSA) is 53.0 Å². The Bertz CT molecular complexity index is 324. The number of carbonyl (C=O) groups is 1. The van der Waals surface area contributed by atoms with Crippen molar-refractivity contribution in [3.8, 4) is 0 Å². The Balaban J connectivity index is 2.46. The summed E-state index contributed by atoms with van der Waals surface area (Å²) in [5, 5.41) is 9.94. The zero-order valence-corrected chi connectivity index (χ0v) is 8.73. The van der Waals surface area contributed by atoms with E-state index in [4.69, 9.17) is 5.41 Å². The Morgan fingerprint density at radius 2 is 2.07 bits per heavy atom. The Labute approximate surface area is 87.4 Å². The molecule has 0 saturated heterocycles. The monoisotopic (exact) mass is 208 g/mol. The normalized spacial score (nSPS) is 9.50. The molecule has 3 nitrogen and oxygen atoms in total. The maximum absolute atomic E-state index is 11.3. The number of thioether (sulfide) groups is 1. The molecule has 1 aromatic carbocycles. The Morgan fingerprint density at radius 3 is 2.64 bits per heavy atom. The van der Waals surface area contributed by atoms with Crippen molar-refractivity contribution in [3.05, 3.63) is 35.9 Å². The number of hydrogen-bond acceptors (Lipinski definition) is 3. The first kappa shape index (κ1) is 10.8. The van der Waals surface area contributed by atoms with Gasteiger partial charge >= 0.3 is 0 Å². The van der Waals surface area contributed by atoms with Crippen LogP contribution in [0.3, 0.4) is 0 Å². The molecule has 0 bridgehead atoms. The van der Waals surface area contributed by atoms with E-state index in [0.717, 1.165) is 5.56 Å². The van der Waals surface area contributed by atoms with Crippen LogP contribution in [0.2, 0.25) is 0 Å². The Kier molecular flexibility index (Phi) is 4.19. The second-order valence-corrected chi connectivity index (χ2v) is 3.56. The first-order chi connectivity index (χ1) is 6.72. The number of carbonyl (C=O) groups excluding carboxylic acids is 1. The maximum atomic E-state index is 11.3. The molecule has 4 heteroatoms. The van der Waals surface area contributed by atoms with Crippen molar-refractivity contribution in [3.63, 3.8) is 0 Å². The number of amides is 1. The van der Waals surface area contributed by atoms with Crippen molar-refractivity contribution in [1.82, 2.24) is 5.32 Å². The van der Waals surface area contributed by atoms with Crippen molar-refractivity contribution >= 4 is 22.8 Å². The van der Waals surface area contributed by atoms with Gasteiger partial charge in [0.05, 0.1) is 6.42 Å². The van der Waals surface area contributed by atoms with Crippen LogP contribution in [0.25, 0.3) is 0 Å². The smallest absolute Gasteiger partial charge is 0.230 e. The van der Waals surface area contributed by atoms with E-state index in [1.54, 1.807) is 6.26 Å². The highest BCUT2D eigenvalue weighted by Gasteiger charge is 2.04. The molecule has 0 saturated carbocycles. The van der Waals surface area contributed by atoms with E-state index >= 15 is 0 Å². The summed E-state index contributed by atoms with van der Waals surface area (Å²) in [4.78, 5) is 11.3. The zero-order valence-electron chi connectivity index (χ0n) is 7.91. The van der Waals surface area contributed by atoms with Crippen molar-refractivity contribution < 1.29 is 4.79 Å². The lowest BCUT2D eigenvalue weighted by molar-refractivity contribution is -0.119. The van der Waals surface area contributed by atoms with Crippen LogP contribution >= 0.6 is 11.8 Å². The standard InChI is InChI=1S/C10H12N2OS/c1-14-10(11)12-9(13)7-8-5-3-2-4-6-8/h2-6H,7H2,1H3,(H2,11,12,13). The van der Waals surface area contributed by atoms with Gasteiger partial charge in [-0.2, -0.15) is 0 Å². The van der Waals surface area contributed by atoms with Crippen LogP contribution in [-0.4, -0.2) is 17.3 Å². The largest absolute Gasteiger partial charge is 0.305 e. The minimum Gasteiger partial charge on any atom is -0.305 e. The number of rotatable bonds is 2. The molecule has 0 spiro atoms. The Morgan fingerprint density at radius 1 is 1.43 bits per heavy atom. The predicted octanol–water partition coefficient (Wildman–Crippen LogP) is 1.64. The van der Waals surface area contributed by atoms with Crippen LogP contribution in [0.5, 0.6) is 0 Å². The van der Waals surface area contributed by atoms with Crippen molar-refractivity contribution in [1.29, 1.82) is 5.41 Å². The van der Waals surface area contributed by atoms with E-state index < -0.39 is 0 Å². The van der Waals surface area contributed by atoms with Crippen LogP contribution in [-0.2, 0) is 11.2 Å². The molecule has 0 unspecified atom stereocenters. The van der Waals surface area contributed by atoms with Gasteiger partial charge < -0.3 is 5.32 Å². The molecule has 0 radical (unpaired) electrons. The van der Waals surface area contributed by atoms with Gasteiger partial charge in [0.2, 0.25) is 5.91 Å². The van der Waals surface area contributed by atoms with Crippen molar-refractivity contribution in [2.45, 2.75) is 6.42 Å². The van der Waals surface area contributed by atoms with E-state index in [9.17, 15) is 4.79 Å². The van der Waals surface area contributed by atoms with Gasteiger partial charge in [0.1, 0.15) is 0 Å². The van der Waals surface area contributed by atoms with E-state index in [-0.39, 0.29) is 11.1 Å². The molecule has 2 N–H and O–H groups in total. The first-order valence-corrected chi connectivity index (χ1v) is 5.41. The van der Waals surface area contributed by atoms with E-state index in [2.05, 4.69) is 5.32 Å². The summed E-state index contributed by atoms with van der Waals surface area (Å²) in [6, 6.07) is 9.47. The number of benzene rings is 1. The van der Waals surface area contributed by atoms with E-state index in [1.165, 1.54) is 11.8 Å². The van der Waals surface area contributed by atoms with Gasteiger partial charge in [-0.05, 0) is 11.8 Å². The molecular formula is C10H12N2OS. The molecule has 1 amide bonds. The van der Waals surface area contributed by atoms with Gasteiger partial charge in [0, 0.05) is 0 Å². The lowest BCUT2D eigenvalue weighted by Crippen LogP contribution is -2.28.